The predicted molar refractivity (Wildman–Crippen MR) is 111 cm³/mol. The Morgan fingerprint density at radius 3 is 2.65 bits per heavy atom. The van der Waals surface area contributed by atoms with E-state index in [4.69, 9.17) is 4.74 Å². The van der Waals surface area contributed by atoms with Gasteiger partial charge in [-0.2, -0.15) is 13.2 Å². The van der Waals surface area contributed by atoms with E-state index in [-0.39, 0.29) is 24.2 Å². The number of aromatic nitrogens is 1. The number of nitrogens with one attached hydrogen (secondary N) is 2. The number of rotatable bonds is 6. The number of esters is 1. The van der Waals surface area contributed by atoms with Gasteiger partial charge in [-0.1, -0.05) is 12.1 Å². The molecule has 0 saturated carbocycles. The van der Waals surface area contributed by atoms with Crippen LogP contribution in [0.1, 0.15) is 31.0 Å². The van der Waals surface area contributed by atoms with E-state index in [1.165, 1.54) is 30.4 Å². The molecule has 1 aromatic carbocycles. The lowest BCUT2D eigenvalue weighted by atomic mass is 9.96. The second kappa shape index (κ2) is 9.99. The molecule has 168 valence electrons. The first-order valence-electron chi connectivity index (χ1n) is 9.76. The third-order valence-corrected chi connectivity index (χ3v) is 5.71. The molecule has 0 aliphatic carbocycles. The van der Waals surface area contributed by atoms with Crippen LogP contribution in [0.3, 0.4) is 0 Å². The van der Waals surface area contributed by atoms with E-state index in [1.54, 1.807) is 16.3 Å². The van der Waals surface area contributed by atoms with Gasteiger partial charge in [0, 0.05) is 37.6 Å². The highest BCUT2D eigenvalue weighted by Gasteiger charge is 2.33. The third-order valence-electron chi connectivity index (χ3n) is 4.90. The number of ether oxygens (including phenoxy) is 1. The highest BCUT2D eigenvalue weighted by molar-refractivity contribution is 7.13. The van der Waals surface area contributed by atoms with E-state index in [1.807, 2.05) is 0 Å². The van der Waals surface area contributed by atoms with E-state index in [9.17, 15) is 22.8 Å². The number of alkyl halides is 3. The van der Waals surface area contributed by atoms with Crippen LogP contribution in [-0.4, -0.2) is 41.5 Å². The first kappa shape index (κ1) is 22.9. The molecule has 0 radical (unpaired) electrons. The molecular weight excluding hydrogens is 433 g/mol. The van der Waals surface area contributed by atoms with Crippen molar-refractivity contribution in [2.45, 2.75) is 32.5 Å². The molecule has 1 aliphatic heterocycles. The number of halogens is 3. The highest BCUT2D eigenvalue weighted by Crippen LogP contribution is 2.34. The zero-order valence-electron chi connectivity index (χ0n) is 16.9. The van der Waals surface area contributed by atoms with Gasteiger partial charge in [-0.15, -0.1) is 11.3 Å². The molecule has 0 spiro atoms. The van der Waals surface area contributed by atoms with Crippen LogP contribution in [0.5, 0.6) is 0 Å². The van der Waals surface area contributed by atoms with Crippen LogP contribution in [0.25, 0.3) is 0 Å². The molecule has 2 N–H and O–H groups in total. The molecule has 31 heavy (non-hydrogen) atoms. The van der Waals surface area contributed by atoms with Crippen molar-refractivity contribution in [2.75, 3.05) is 30.3 Å². The summed E-state index contributed by atoms with van der Waals surface area (Å²) in [5.74, 6) is -0.238. The van der Waals surface area contributed by atoms with Crippen molar-refractivity contribution in [1.29, 1.82) is 0 Å². The summed E-state index contributed by atoms with van der Waals surface area (Å²) in [5.41, 5.74) is -0.0498. The van der Waals surface area contributed by atoms with Crippen molar-refractivity contribution in [2.24, 2.45) is 5.92 Å². The zero-order valence-corrected chi connectivity index (χ0v) is 17.7. The Hall–Kier alpha value is -2.82. The molecule has 2 amide bonds. The van der Waals surface area contributed by atoms with Crippen LogP contribution in [0, 0.1) is 5.92 Å². The van der Waals surface area contributed by atoms with Gasteiger partial charge in [0.25, 0.3) is 0 Å². The summed E-state index contributed by atoms with van der Waals surface area (Å²) in [6, 6.07) is 5.15. The van der Waals surface area contributed by atoms with Gasteiger partial charge < -0.3 is 15.0 Å². The van der Waals surface area contributed by atoms with Crippen molar-refractivity contribution >= 4 is 34.2 Å². The fourth-order valence-corrected chi connectivity index (χ4v) is 3.94. The Kier molecular flexibility index (Phi) is 7.37. The molecule has 1 aliphatic rings. The van der Waals surface area contributed by atoms with Gasteiger partial charge in [-0.05, 0) is 30.9 Å². The minimum Gasteiger partial charge on any atom is -0.459 e. The van der Waals surface area contributed by atoms with E-state index in [0.717, 1.165) is 6.07 Å². The number of likely N-dealkylation sites (tertiary alicyclic amines) is 1. The molecular formula is C20H23F3N4O3S. The lowest BCUT2D eigenvalue weighted by molar-refractivity contribution is -0.142. The van der Waals surface area contributed by atoms with Crippen molar-refractivity contribution in [3.05, 3.63) is 40.9 Å². The van der Waals surface area contributed by atoms with Gasteiger partial charge >= 0.3 is 18.2 Å². The third kappa shape index (κ3) is 6.58. The van der Waals surface area contributed by atoms with E-state index in [2.05, 4.69) is 15.6 Å². The van der Waals surface area contributed by atoms with Crippen LogP contribution in [-0.2, 0) is 22.3 Å². The Bertz CT molecular complexity index is 911. The number of anilines is 2. The standard InChI is InChI=1S/C20H23F3N4O3S/c1-13(28)30-11-15-12-31-18(25-15)26-19(29)27-8-6-14(7-9-27)10-24-17-5-3-2-4-16(17)20(21,22)23/h2-5,12,14,24H,6-11H2,1H3,(H,25,26,29). The van der Waals surface area contributed by atoms with Crippen LogP contribution >= 0.6 is 11.3 Å². The number of carbonyl (C=O) groups is 2. The lowest BCUT2D eigenvalue weighted by Crippen LogP contribution is -2.42. The van der Waals surface area contributed by atoms with Gasteiger partial charge in [0.15, 0.2) is 5.13 Å². The molecule has 1 saturated heterocycles. The number of para-hydroxylation sites is 1. The fraction of sp³-hybridized carbons (Fsp3) is 0.450. The van der Waals surface area contributed by atoms with Crippen molar-refractivity contribution in [3.8, 4) is 0 Å². The van der Waals surface area contributed by atoms with E-state index >= 15 is 0 Å². The molecule has 0 bridgehead atoms. The number of benzene rings is 1. The molecule has 0 unspecified atom stereocenters. The second-order valence-corrected chi connectivity index (χ2v) is 8.07. The first-order valence-corrected chi connectivity index (χ1v) is 10.6. The largest absolute Gasteiger partial charge is 0.459 e. The first-order chi connectivity index (χ1) is 14.7. The zero-order chi connectivity index (χ0) is 22.4. The van der Waals surface area contributed by atoms with Gasteiger partial charge in [-0.25, -0.2) is 9.78 Å². The molecule has 2 aromatic rings. The number of hydrogen-bond acceptors (Lipinski definition) is 6. The summed E-state index contributed by atoms with van der Waals surface area (Å²) < 4.78 is 44.2. The SMILES string of the molecule is CC(=O)OCc1csc(NC(=O)N2CCC(CNc3ccccc3C(F)(F)F)CC2)n1. The Morgan fingerprint density at radius 1 is 1.26 bits per heavy atom. The minimum absolute atomic E-state index is 0.0531. The molecule has 1 aromatic heterocycles. The highest BCUT2D eigenvalue weighted by atomic mass is 32.1. The quantitative estimate of drug-likeness (QED) is 0.622. The number of piperidine rings is 1. The Morgan fingerprint density at radius 2 is 1.97 bits per heavy atom. The molecule has 1 fully saturated rings. The minimum atomic E-state index is -4.40. The van der Waals surface area contributed by atoms with Gasteiger partial charge in [0.05, 0.1) is 11.3 Å². The monoisotopic (exact) mass is 456 g/mol. The van der Waals surface area contributed by atoms with Crippen molar-refractivity contribution in [1.82, 2.24) is 9.88 Å². The topological polar surface area (TPSA) is 83.6 Å². The maximum atomic E-state index is 13.1. The maximum Gasteiger partial charge on any atom is 0.418 e. The Balaban J connectivity index is 1.45. The second-order valence-electron chi connectivity index (χ2n) is 7.21. The number of carbonyl (C=O) groups excluding carboxylic acids is 2. The molecule has 0 atom stereocenters. The van der Waals surface area contributed by atoms with Crippen LogP contribution in [0.4, 0.5) is 28.8 Å². The van der Waals surface area contributed by atoms with Crippen LogP contribution in [0.15, 0.2) is 29.6 Å². The average Bonchev–Trinajstić information content (AvgIpc) is 3.18. The van der Waals surface area contributed by atoms with Crippen LogP contribution in [0.2, 0.25) is 0 Å². The summed E-state index contributed by atoms with van der Waals surface area (Å²) in [6.07, 6.45) is -3.03. The molecule has 3 rings (SSSR count). The van der Waals surface area contributed by atoms with E-state index in [0.29, 0.717) is 43.3 Å². The molecule has 2 heterocycles. The normalized spacial score (nSPS) is 14.9. The summed E-state index contributed by atoms with van der Waals surface area (Å²) >= 11 is 1.24. The molecule has 7 nitrogen and oxygen atoms in total. The molecule has 11 heteroatoms. The number of urea groups is 1. The van der Waals surface area contributed by atoms with E-state index < -0.39 is 17.7 Å². The maximum absolute atomic E-state index is 13.1. The number of thiazole rings is 1. The Labute approximate surface area is 181 Å². The summed E-state index contributed by atoms with van der Waals surface area (Å²) in [4.78, 5) is 29.1. The summed E-state index contributed by atoms with van der Waals surface area (Å²) in [7, 11) is 0. The van der Waals surface area contributed by atoms with Gasteiger partial charge in [-0.3, -0.25) is 10.1 Å². The number of nitrogens with zero attached hydrogens (tertiary/aromatic N) is 2. The summed E-state index contributed by atoms with van der Waals surface area (Å²) in [5, 5.41) is 7.76. The average molecular weight is 456 g/mol. The number of hydrogen-bond donors (Lipinski definition) is 2. The van der Waals surface area contributed by atoms with Crippen molar-refractivity contribution in [3.63, 3.8) is 0 Å². The lowest BCUT2D eigenvalue weighted by Gasteiger charge is -2.32. The fourth-order valence-electron chi connectivity index (χ4n) is 3.26. The van der Waals surface area contributed by atoms with Crippen LogP contribution < -0.4 is 10.6 Å². The smallest absolute Gasteiger partial charge is 0.418 e. The number of amides is 2. The van der Waals surface area contributed by atoms with Crippen molar-refractivity contribution < 1.29 is 27.5 Å². The predicted octanol–water partition coefficient (Wildman–Crippen LogP) is 4.58. The summed E-state index contributed by atoms with van der Waals surface area (Å²) in [6.45, 7) is 2.78. The van der Waals surface area contributed by atoms with Gasteiger partial charge in [0.1, 0.15) is 6.61 Å². The van der Waals surface area contributed by atoms with Gasteiger partial charge in [0.2, 0.25) is 0 Å².